The van der Waals surface area contributed by atoms with Crippen LogP contribution in [0.25, 0.3) is 0 Å². The predicted molar refractivity (Wildman–Crippen MR) is 128 cm³/mol. The number of carbonyl (C=O) groups excluding carboxylic acids is 3. The first-order valence-corrected chi connectivity index (χ1v) is 12.4. The third-order valence-electron chi connectivity index (χ3n) is 6.99. The Labute approximate surface area is 208 Å². The van der Waals surface area contributed by atoms with Crippen molar-refractivity contribution in [3.63, 3.8) is 0 Å². The van der Waals surface area contributed by atoms with E-state index in [1.807, 2.05) is 6.07 Å². The maximum absolute atomic E-state index is 13.5. The normalized spacial score (nSPS) is 18.0. The topological polar surface area (TPSA) is 69.7 Å². The molecule has 0 radical (unpaired) electrons. The van der Waals surface area contributed by atoms with Gasteiger partial charge in [-0.2, -0.15) is 13.2 Å². The second-order valence-electron chi connectivity index (χ2n) is 9.41. The van der Waals surface area contributed by atoms with Crippen LogP contribution in [-0.4, -0.2) is 59.7 Å². The fraction of sp³-hybridized carbons (Fsp3) is 0.444. The molecule has 2 aliphatic heterocycles. The van der Waals surface area contributed by atoms with Crippen molar-refractivity contribution in [1.29, 1.82) is 0 Å². The number of halogens is 3. The van der Waals surface area contributed by atoms with Crippen LogP contribution in [0.15, 0.2) is 54.6 Å². The number of likely N-dealkylation sites (tertiary alicyclic amines) is 2. The van der Waals surface area contributed by atoms with E-state index < -0.39 is 23.7 Å². The van der Waals surface area contributed by atoms with Gasteiger partial charge in [0.15, 0.2) is 0 Å². The second kappa shape index (κ2) is 11.1. The van der Waals surface area contributed by atoms with E-state index in [1.54, 1.807) is 29.2 Å². The van der Waals surface area contributed by atoms with Gasteiger partial charge in [-0.15, -0.1) is 0 Å². The Morgan fingerprint density at radius 1 is 0.806 bits per heavy atom. The van der Waals surface area contributed by atoms with Gasteiger partial charge in [0.2, 0.25) is 5.91 Å². The zero-order chi connectivity index (χ0) is 25.7. The van der Waals surface area contributed by atoms with Crippen LogP contribution in [-0.2, 0) is 11.0 Å². The molecule has 6 nitrogen and oxygen atoms in total. The van der Waals surface area contributed by atoms with Gasteiger partial charge in [-0.1, -0.05) is 24.3 Å². The Kier molecular flexibility index (Phi) is 7.96. The van der Waals surface area contributed by atoms with Gasteiger partial charge in [0, 0.05) is 37.3 Å². The summed E-state index contributed by atoms with van der Waals surface area (Å²) in [4.78, 5) is 42.6. The van der Waals surface area contributed by atoms with E-state index in [-0.39, 0.29) is 23.3 Å². The van der Waals surface area contributed by atoms with Crippen LogP contribution in [0.4, 0.5) is 13.2 Å². The van der Waals surface area contributed by atoms with Crippen molar-refractivity contribution < 1.29 is 27.6 Å². The van der Waals surface area contributed by atoms with Crippen molar-refractivity contribution in [3.8, 4) is 0 Å². The molecule has 9 heteroatoms. The van der Waals surface area contributed by atoms with Crippen LogP contribution in [0.3, 0.4) is 0 Å². The Morgan fingerprint density at radius 3 is 2.08 bits per heavy atom. The van der Waals surface area contributed by atoms with E-state index in [9.17, 15) is 27.6 Å². The van der Waals surface area contributed by atoms with Crippen molar-refractivity contribution in [3.05, 3.63) is 71.3 Å². The monoisotopic (exact) mass is 501 g/mol. The van der Waals surface area contributed by atoms with Gasteiger partial charge < -0.3 is 15.1 Å². The summed E-state index contributed by atoms with van der Waals surface area (Å²) < 4.78 is 39.2. The van der Waals surface area contributed by atoms with Crippen LogP contribution < -0.4 is 5.32 Å². The van der Waals surface area contributed by atoms with Gasteiger partial charge in [0.1, 0.15) is 6.04 Å². The van der Waals surface area contributed by atoms with E-state index in [4.69, 9.17) is 0 Å². The summed E-state index contributed by atoms with van der Waals surface area (Å²) in [5.41, 5.74) is -0.410. The number of alkyl halides is 3. The van der Waals surface area contributed by atoms with E-state index in [0.717, 1.165) is 31.4 Å². The van der Waals surface area contributed by atoms with Gasteiger partial charge in [-0.3, -0.25) is 14.4 Å². The highest BCUT2D eigenvalue weighted by Gasteiger charge is 2.37. The maximum atomic E-state index is 13.5. The number of nitrogens with zero attached hydrogens (tertiary/aromatic N) is 2. The SMILES string of the molecule is O=C(N[C@@H](C(=O)N1CCCCC1)C1CCN(C(=O)c2cccc(C(F)(F)F)c2)CC1)c1ccccc1. The minimum atomic E-state index is -4.53. The smallest absolute Gasteiger partial charge is 0.341 e. The summed E-state index contributed by atoms with van der Waals surface area (Å²) >= 11 is 0. The molecule has 1 N–H and O–H groups in total. The zero-order valence-corrected chi connectivity index (χ0v) is 20.0. The average Bonchev–Trinajstić information content (AvgIpc) is 2.91. The highest BCUT2D eigenvalue weighted by Crippen LogP contribution is 2.30. The number of rotatable bonds is 5. The lowest BCUT2D eigenvalue weighted by molar-refractivity contribution is -0.137. The second-order valence-corrected chi connectivity index (χ2v) is 9.41. The molecule has 2 aromatic carbocycles. The van der Waals surface area contributed by atoms with Crippen LogP contribution in [0.2, 0.25) is 0 Å². The molecule has 3 amide bonds. The number of piperidine rings is 2. The summed E-state index contributed by atoms with van der Waals surface area (Å²) in [6.45, 7) is 1.91. The third kappa shape index (κ3) is 6.06. The largest absolute Gasteiger partial charge is 0.416 e. The summed E-state index contributed by atoms with van der Waals surface area (Å²) in [7, 11) is 0. The molecule has 2 aromatic rings. The molecule has 2 aliphatic rings. The highest BCUT2D eigenvalue weighted by molar-refractivity contribution is 5.97. The third-order valence-corrected chi connectivity index (χ3v) is 6.99. The molecule has 0 bridgehead atoms. The van der Waals surface area contributed by atoms with Gasteiger partial charge in [0.05, 0.1) is 5.56 Å². The Morgan fingerprint density at radius 2 is 1.44 bits per heavy atom. The quantitative estimate of drug-likeness (QED) is 0.662. The molecule has 0 aliphatic carbocycles. The van der Waals surface area contributed by atoms with Gasteiger partial charge in [-0.05, 0) is 68.4 Å². The molecule has 2 fully saturated rings. The first-order valence-electron chi connectivity index (χ1n) is 12.4. The van der Waals surface area contributed by atoms with Crippen LogP contribution >= 0.6 is 0 Å². The van der Waals surface area contributed by atoms with Crippen LogP contribution in [0.5, 0.6) is 0 Å². The Bertz CT molecular complexity index is 1080. The van der Waals surface area contributed by atoms with Crippen molar-refractivity contribution >= 4 is 17.7 Å². The molecule has 0 saturated carbocycles. The number of nitrogens with one attached hydrogen (secondary N) is 1. The first-order chi connectivity index (χ1) is 17.2. The lowest BCUT2D eigenvalue weighted by Gasteiger charge is -2.38. The molecular formula is C27H30F3N3O3. The van der Waals surface area contributed by atoms with E-state index in [2.05, 4.69) is 5.32 Å². The number of benzene rings is 2. The van der Waals surface area contributed by atoms with Gasteiger partial charge >= 0.3 is 6.18 Å². The fourth-order valence-corrected chi connectivity index (χ4v) is 4.95. The standard InChI is InChI=1S/C27H30F3N3O3/c28-27(29,30)22-11-7-10-21(18-22)25(35)33-16-12-19(13-17-33)23(26(36)32-14-5-2-6-15-32)31-24(34)20-8-3-1-4-9-20/h1,3-4,7-11,18-19,23H,2,5-6,12-17H2,(H,31,34)/t23-/m1/s1. The zero-order valence-electron chi connectivity index (χ0n) is 20.0. The maximum Gasteiger partial charge on any atom is 0.416 e. The van der Waals surface area contributed by atoms with Gasteiger partial charge in [-0.25, -0.2) is 0 Å². The Balaban J connectivity index is 1.46. The number of hydrogen-bond donors (Lipinski definition) is 1. The van der Waals surface area contributed by atoms with Crippen molar-refractivity contribution in [2.45, 2.75) is 44.3 Å². The van der Waals surface area contributed by atoms with Crippen molar-refractivity contribution in [1.82, 2.24) is 15.1 Å². The molecule has 36 heavy (non-hydrogen) atoms. The summed E-state index contributed by atoms with van der Waals surface area (Å²) in [6, 6.07) is 12.4. The van der Waals surface area contributed by atoms with Gasteiger partial charge in [0.25, 0.3) is 11.8 Å². The predicted octanol–water partition coefficient (Wildman–Crippen LogP) is 4.37. The fourth-order valence-electron chi connectivity index (χ4n) is 4.95. The molecule has 4 rings (SSSR count). The minimum absolute atomic E-state index is 0.0124. The molecule has 0 unspecified atom stereocenters. The lowest BCUT2D eigenvalue weighted by atomic mass is 9.87. The van der Waals surface area contributed by atoms with E-state index >= 15 is 0 Å². The van der Waals surface area contributed by atoms with Crippen LogP contribution in [0.1, 0.15) is 58.4 Å². The summed E-state index contributed by atoms with van der Waals surface area (Å²) in [5, 5.41) is 2.94. The van der Waals surface area contributed by atoms with Crippen molar-refractivity contribution in [2.24, 2.45) is 5.92 Å². The van der Waals surface area contributed by atoms with E-state index in [1.165, 1.54) is 17.0 Å². The lowest BCUT2D eigenvalue weighted by Crippen LogP contribution is -2.55. The Hall–Kier alpha value is -3.36. The molecule has 0 aromatic heterocycles. The molecule has 192 valence electrons. The van der Waals surface area contributed by atoms with Crippen LogP contribution in [0, 0.1) is 5.92 Å². The molecular weight excluding hydrogens is 471 g/mol. The summed E-state index contributed by atoms with van der Waals surface area (Å²) in [5.74, 6) is -1.08. The molecule has 0 spiro atoms. The number of carbonyl (C=O) groups is 3. The number of hydrogen-bond acceptors (Lipinski definition) is 3. The van der Waals surface area contributed by atoms with Crippen molar-refractivity contribution in [2.75, 3.05) is 26.2 Å². The minimum Gasteiger partial charge on any atom is -0.341 e. The molecule has 2 saturated heterocycles. The average molecular weight is 502 g/mol. The molecule has 2 heterocycles. The molecule has 1 atom stereocenters. The summed E-state index contributed by atoms with van der Waals surface area (Å²) in [6.07, 6.45) is -0.679. The highest BCUT2D eigenvalue weighted by atomic mass is 19.4. The van der Waals surface area contributed by atoms with E-state index in [0.29, 0.717) is 44.6 Å². The first kappa shape index (κ1) is 25.7. The number of amides is 3.